The van der Waals surface area contributed by atoms with Crippen LogP contribution >= 0.6 is 0 Å². The first-order chi connectivity index (χ1) is 15.8. The molecule has 8 nitrogen and oxygen atoms in total. The number of likely N-dealkylation sites (tertiary alicyclic amines) is 1. The Balaban J connectivity index is 1.69. The highest BCUT2D eigenvalue weighted by atomic mass is 19.1. The quantitative estimate of drug-likeness (QED) is 0.555. The molecule has 1 fully saturated rings. The van der Waals surface area contributed by atoms with E-state index in [9.17, 15) is 14.0 Å². The standard InChI is InChI=1S/C24H28FN5O3/c1-27(2)20-9-10-29(15-20)24(32)30(19-8-7-17-13-26-28(3)22(17)12-19)14-18-6-5-16(11-21(18)25)23(31)33-4/h5-8,11-13,20H,9-10,14-15H2,1-4H3/t20-/m1/s1. The molecule has 0 spiro atoms. The summed E-state index contributed by atoms with van der Waals surface area (Å²) in [5, 5.41) is 5.23. The number of ether oxygens (including phenoxy) is 1. The first kappa shape index (κ1) is 22.7. The second kappa shape index (κ2) is 9.19. The molecule has 2 heterocycles. The molecule has 9 heteroatoms. The van der Waals surface area contributed by atoms with Gasteiger partial charge in [-0.1, -0.05) is 6.07 Å². The number of amides is 2. The predicted molar refractivity (Wildman–Crippen MR) is 124 cm³/mol. The second-order valence-corrected chi connectivity index (χ2v) is 8.53. The van der Waals surface area contributed by atoms with Gasteiger partial charge in [-0.3, -0.25) is 9.58 Å². The summed E-state index contributed by atoms with van der Waals surface area (Å²) in [6, 6.07) is 9.92. The molecule has 2 amide bonds. The predicted octanol–water partition coefficient (Wildman–Crippen LogP) is 3.26. The Kier molecular flexibility index (Phi) is 6.33. The molecule has 1 aliphatic rings. The van der Waals surface area contributed by atoms with Crippen LogP contribution in [0.4, 0.5) is 14.9 Å². The lowest BCUT2D eigenvalue weighted by atomic mass is 10.1. The Morgan fingerprint density at radius 1 is 1.21 bits per heavy atom. The van der Waals surface area contributed by atoms with Gasteiger partial charge in [0, 0.05) is 42.8 Å². The monoisotopic (exact) mass is 453 g/mol. The molecular formula is C24H28FN5O3. The number of anilines is 1. The van der Waals surface area contributed by atoms with Gasteiger partial charge in [0.25, 0.3) is 0 Å². The number of carbonyl (C=O) groups excluding carboxylic acids is 2. The zero-order valence-corrected chi connectivity index (χ0v) is 19.3. The summed E-state index contributed by atoms with van der Waals surface area (Å²) < 4.78 is 21.3. The molecular weight excluding hydrogens is 425 g/mol. The zero-order valence-electron chi connectivity index (χ0n) is 19.3. The maximum Gasteiger partial charge on any atom is 0.337 e. The minimum atomic E-state index is -0.609. The van der Waals surface area contributed by atoms with Crippen LogP contribution in [0.2, 0.25) is 0 Å². The van der Waals surface area contributed by atoms with Crippen molar-refractivity contribution in [3.63, 3.8) is 0 Å². The van der Waals surface area contributed by atoms with Crippen LogP contribution in [0.1, 0.15) is 22.3 Å². The third-order valence-corrected chi connectivity index (χ3v) is 6.24. The summed E-state index contributed by atoms with van der Waals surface area (Å²) in [5.74, 6) is -1.17. The molecule has 1 saturated heterocycles. The first-order valence-electron chi connectivity index (χ1n) is 10.8. The zero-order chi connectivity index (χ0) is 23.7. The largest absolute Gasteiger partial charge is 0.465 e. The van der Waals surface area contributed by atoms with Gasteiger partial charge in [0.1, 0.15) is 5.82 Å². The third kappa shape index (κ3) is 4.54. The number of likely N-dealkylation sites (N-methyl/N-ethyl adjacent to an activating group) is 1. The minimum Gasteiger partial charge on any atom is -0.465 e. The Morgan fingerprint density at radius 2 is 2.00 bits per heavy atom. The summed E-state index contributed by atoms with van der Waals surface area (Å²) in [7, 11) is 7.10. The number of hydrogen-bond donors (Lipinski definition) is 0. The summed E-state index contributed by atoms with van der Waals surface area (Å²) in [5.41, 5.74) is 1.96. The van der Waals surface area contributed by atoms with Crippen molar-refractivity contribution < 1.29 is 18.7 Å². The van der Waals surface area contributed by atoms with Crippen molar-refractivity contribution in [3.8, 4) is 0 Å². The highest BCUT2D eigenvalue weighted by Crippen LogP contribution is 2.27. The SMILES string of the molecule is COC(=O)c1ccc(CN(C(=O)N2CC[C@@H](N(C)C)C2)c2ccc3cnn(C)c3c2)c(F)c1. The first-order valence-corrected chi connectivity index (χ1v) is 10.8. The fourth-order valence-electron chi connectivity index (χ4n) is 4.17. The van der Waals surface area contributed by atoms with Gasteiger partial charge in [-0.2, -0.15) is 5.10 Å². The van der Waals surface area contributed by atoms with E-state index in [0.717, 1.165) is 23.4 Å². The normalized spacial score (nSPS) is 15.9. The van der Waals surface area contributed by atoms with E-state index >= 15 is 0 Å². The van der Waals surface area contributed by atoms with E-state index in [1.54, 1.807) is 20.7 Å². The molecule has 174 valence electrons. The number of carbonyl (C=O) groups is 2. The number of esters is 1. The average molecular weight is 454 g/mol. The van der Waals surface area contributed by atoms with E-state index in [4.69, 9.17) is 0 Å². The molecule has 2 aromatic carbocycles. The van der Waals surface area contributed by atoms with Crippen LogP contribution in [-0.4, -0.2) is 71.9 Å². The number of fused-ring (bicyclic) bond motifs is 1. The Labute approximate surface area is 192 Å². The van der Waals surface area contributed by atoms with Crippen molar-refractivity contribution in [2.45, 2.75) is 19.0 Å². The summed E-state index contributed by atoms with van der Waals surface area (Å²) in [6.45, 7) is 1.27. The number of urea groups is 1. The van der Waals surface area contributed by atoms with E-state index in [0.29, 0.717) is 24.3 Å². The molecule has 1 aromatic heterocycles. The number of halogens is 1. The van der Waals surface area contributed by atoms with Crippen molar-refractivity contribution in [1.29, 1.82) is 0 Å². The Bertz CT molecular complexity index is 1190. The average Bonchev–Trinajstić information content (AvgIpc) is 3.45. The molecule has 0 aliphatic carbocycles. The van der Waals surface area contributed by atoms with Gasteiger partial charge < -0.3 is 14.5 Å². The lowest BCUT2D eigenvalue weighted by molar-refractivity contribution is 0.0600. The van der Waals surface area contributed by atoms with E-state index in [2.05, 4.69) is 14.7 Å². The van der Waals surface area contributed by atoms with E-state index in [1.807, 2.05) is 39.3 Å². The van der Waals surface area contributed by atoms with Gasteiger partial charge in [0.2, 0.25) is 0 Å². The molecule has 0 unspecified atom stereocenters. The molecule has 0 radical (unpaired) electrons. The van der Waals surface area contributed by atoms with Gasteiger partial charge in [0.05, 0.1) is 30.9 Å². The van der Waals surface area contributed by atoms with E-state index in [-0.39, 0.29) is 24.2 Å². The summed E-state index contributed by atoms with van der Waals surface area (Å²) in [6.07, 6.45) is 2.65. The molecule has 0 saturated carbocycles. The molecule has 0 bridgehead atoms. The topological polar surface area (TPSA) is 70.9 Å². The van der Waals surface area contributed by atoms with Crippen LogP contribution in [-0.2, 0) is 18.3 Å². The fraction of sp³-hybridized carbons (Fsp3) is 0.375. The summed E-state index contributed by atoms with van der Waals surface area (Å²) in [4.78, 5) is 30.9. The second-order valence-electron chi connectivity index (χ2n) is 8.53. The van der Waals surface area contributed by atoms with Crippen LogP contribution in [0.15, 0.2) is 42.6 Å². The number of nitrogens with zero attached hydrogens (tertiary/aromatic N) is 5. The van der Waals surface area contributed by atoms with Crippen LogP contribution in [0.5, 0.6) is 0 Å². The van der Waals surface area contributed by atoms with Crippen molar-refractivity contribution in [2.24, 2.45) is 7.05 Å². The van der Waals surface area contributed by atoms with Crippen molar-refractivity contribution >= 4 is 28.6 Å². The van der Waals surface area contributed by atoms with Gasteiger partial charge in [-0.25, -0.2) is 14.0 Å². The van der Waals surface area contributed by atoms with Gasteiger partial charge in [0.15, 0.2) is 0 Å². The highest BCUT2D eigenvalue weighted by molar-refractivity contribution is 5.95. The number of benzene rings is 2. The molecule has 33 heavy (non-hydrogen) atoms. The Morgan fingerprint density at radius 3 is 2.67 bits per heavy atom. The van der Waals surface area contributed by atoms with Crippen molar-refractivity contribution in [2.75, 3.05) is 39.2 Å². The van der Waals surface area contributed by atoms with Gasteiger partial charge in [-0.15, -0.1) is 0 Å². The van der Waals surface area contributed by atoms with Crippen molar-refractivity contribution in [3.05, 3.63) is 59.5 Å². The molecule has 0 N–H and O–H groups in total. The number of rotatable bonds is 5. The number of aryl methyl sites for hydroxylation is 1. The number of hydrogen-bond acceptors (Lipinski definition) is 5. The lowest BCUT2D eigenvalue weighted by Gasteiger charge is -2.29. The van der Waals surface area contributed by atoms with E-state index < -0.39 is 11.8 Å². The molecule has 4 rings (SSSR count). The smallest absolute Gasteiger partial charge is 0.337 e. The minimum absolute atomic E-state index is 0.0264. The van der Waals surface area contributed by atoms with Crippen LogP contribution in [0.3, 0.4) is 0 Å². The summed E-state index contributed by atoms with van der Waals surface area (Å²) >= 11 is 0. The third-order valence-electron chi connectivity index (χ3n) is 6.24. The number of aromatic nitrogens is 2. The fourth-order valence-corrected chi connectivity index (χ4v) is 4.17. The Hall–Kier alpha value is -3.46. The van der Waals surface area contributed by atoms with Gasteiger partial charge in [-0.05, 0) is 50.8 Å². The maximum absolute atomic E-state index is 14.9. The van der Waals surface area contributed by atoms with Crippen LogP contribution in [0.25, 0.3) is 10.9 Å². The molecule has 1 atom stereocenters. The maximum atomic E-state index is 14.9. The molecule has 1 aliphatic heterocycles. The highest BCUT2D eigenvalue weighted by Gasteiger charge is 2.31. The van der Waals surface area contributed by atoms with E-state index in [1.165, 1.54) is 19.2 Å². The number of methoxy groups -OCH3 is 1. The van der Waals surface area contributed by atoms with Crippen LogP contribution in [0, 0.1) is 5.82 Å². The van der Waals surface area contributed by atoms with Crippen LogP contribution < -0.4 is 4.90 Å². The van der Waals surface area contributed by atoms with Crippen molar-refractivity contribution in [1.82, 2.24) is 19.6 Å². The molecule has 3 aromatic rings. The van der Waals surface area contributed by atoms with Gasteiger partial charge >= 0.3 is 12.0 Å². The lowest BCUT2D eigenvalue weighted by Crippen LogP contribution is -2.43.